The van der Waals surface area contributed by atoms with E-state index in [4.69, 9.17) is 20.9 Å². The molecule has 0 aliphatic rings. The van der Waals surface area contributed by atoms with Crippen molar-refractivity contribution in [2.45, 2.75) is 0 Å². The van der Waals surface area contributed by atoms with Gasteiger partial charge in [0, 0.05) is 11.1 Å². The lowest BCUT2D eigenvalue weighted by molar-refractivity contribution is 0.486. The molecule has 0 bridgehead atoms. The molecule has 0 amide bonds. The van der Waals surface area contributed by atoms with Crippen LogP contribution in [0.4, 0.5) is 11.4 Å². The van der Waals surface area contributed by atoms with Crippen molar-refractivity contribution >= 4 is 11.4 Å². The number of nitrogens with two attached hydrogens (primary N) is 2. The number of para-hydroxylation sites is 6. The van der Waals surface area contributed by atoms with Crippen molar-refractivity contribution < 1.29 is 9.47 Å². The molecule has 0 atom stereocenters. The Morgan fingerprint density at radius 3 is 1.00 bits per heavy atom. The standard InChI is InChI=1S/C30H24N2O2/c31-25-15-5-9-19-29(25)33-27-17-7-3-13-23(27)21-11-1-2-12-22(21)24-14-4-8-18-28(24)34-30-20-10-6-16-26(30)32/h1-20H,31-32H2. The molecular weight excluding hydrogens is 420 g/mol. The fourth-order valence-corrected chi connectivity index (χ4v) is 3.89. The van der Waals surface area contributed by atoms with Crippen LogP contribution in [0.1, 0.15) is 0 Å². The van der Waals surface area contributed by atoms with Gasteiger partial charge in [-0.2, -0.15) is 0 Å². The molecule has 0 heterocycles. The minimum Gasteiger partial charge on any atom is -0.455 e. The Labute approximate surface area is 199 Å². The summed E-state index contributed by atoms with van der Waals surface area (Å²) in [5, 5.41) is 0. The molecule has 0 saturated carbocycles. The maximum absolute atomic E-state index is 6.25. The van der Waals surface area contributed by atoms with E-state index in [1.54, 1.807) is 0 Å². The molecule has 4 nitrogen and oxygen atoms in total. The van der Waals surface area contributed by atoms with Crippen LogP contribution in [-0.2, 0) is 0 Å². The summed E-state index contributed by atoms with van der Waals surface area (Å²) < 4.78 is 12.5. The van der Waals surface area contributed by atoms with Gasteiger partial charge in [0.05, 0.1) is 11.4 Å². The van der Waals surface area contributed by atoms with Crippen LogP contribution in [0.5, 0.6) is 23.0 Å². The summed E-state index contributed by atoms with van der Waals surface area (Å²) in [6.45, 7) is 0. The first-order chi connectivity index (χ1) is 16.7. The highest BCUT2D eigenvalue weighted by molar-refractivity contribution is 5.88. The predicted octanol–water partition coefficient (Wildman–Crippen LogP) is 7.77. The highest BCUT2D eigenvalue weighted by atomic mass is 16.5. The molecule has 5 rings (SSSR count). The van der Waals surface area contributed by atoms with Gasteiger partial charge >= 0.3 is 0 Å². The molecule has 0 aliphatic carbocycles. The summed E-state index contributed by atoms with van der Waals surface area (Å²) in [5.74, 6) is 2.68. The van der Waals surface area contributed by atoms with Crippen LogP contribution in [0, 0.1) is 0 Å². The Morgan fingerprint density at radius 1 is 0.324 bits per heavy atom. The van der Waals surface area contributed by atoms with Gasteiger partial charge < -0.3 is 20.9 Å². The lowest BCUT2D eigenvalue weighted by atomic mass is 9.93. The Bertz CT molecular complexity index is 1340. The zero-order valence-corrected chi connectivity index (χ0v) is 18.5. The molecule has 0 fully saturated rings. The average molecular weight is 445 g/mol. The van der Waals surface area contributed by atoms with Crippen molar-refractivity contribution in [3.05, 3.63) is 121 Å². The van der Waals surface area contributed by atoms with E-state index in [0.29, 0.717) is 22.9 Å². The highest BCUT2D eigenvalue weighted by Crippen LogP contribution is 2.43. The van der Waals surface area contributed by atoms with Crippen molar-refractivity contribution in [2.75, 3.05) is 11.5 Å². The third-order valence-electron chi connectivity index (χ3n) is 5.56. The molecule has 5 aromatic rings. The van der Waals surface area contributed by atoms with Gasteiger partial charge in [-0.3, -0.25) is 0 Å². The molecule has 0 aromatic heterocycles. The first kappa shape index (κ1) is 21.2. The van der Waals surface area contributed by atoms with E-state index in [-0.39, 0.29) is 0 Å². The van der Waals surface area contributed by atoms with Gasteiger partial charge in [-0.15, -0.1) is 0 Å². The van der Waals surface area contributed by atoms with Crippen molar-refractivity contribution in [2.24, 2.45) is 0 Å². The molecule has 0 saturated heterocycles. The topological polar surface area (TPSA) is 70.5 Å². The van der Waals surface area contributed by atoms with Crippen LogP contribution in [0.2, 0.25) is 0 Å². The van der Waals surface area contributed by atoms with Crippen LogP contribution in [-0.4, -0.2) is 0 Å². The number of ether oxygens (including phenoxy) is 2. The van der Waals surface area contributed by atoms with Crippen molar-refractivity contribution in [1.82, 2.24) is 0 Å². The quantitative estimate of drug-likeness (QED) is 0.262. The van der Waals surface area contributed by atoms with Crippen LogP contribution in [0.15, 0.2) is 121 Å². The smallest absolute Gasteiger partial charge is 0.150 e. The molecule has 4 heteroatoms. The Kier molecular flexibility index (Phi) is 5.87. The van der Waals surface area contributed by atoms with Crippen LogP contribution in [0.25, 0.3) is 22.3 Å². The van der Waals surface area contributed by atoms with Gasteiger partial charge in [0.2, 0.25) is 0 Å². The number of rotatable bonds is 6. The fraction of sp³-hybridized carbons (Fsp3) is 0. The first-order valence-corrected chi connectivity index (χ1v) is 11.0. The summed E-state index contributed by atoms with van der Waals surface area (Å²) in [7, 11) is 0. The molecule has 5 aromatic carbocycles. The van der Waals surface area contributed by atoms with Crippen LogP contribution < -0.4 is 20.9 Å². The molecule has 0 unspecified atom stereocenters. The Balaban J connectivity index is 1.60. The zero-order valence-electron chi connectivity index (χ0n) is 18.5. The normalized spacial score (nSPS) is 10.6. The van der Waals surface area contributed by atoms with Crippen LogP contribution >= 0.6 is 0 Å². The predicted molar refractivity (Wildman–Crippen MR) is 139 cm³/mol. The summed E-state index contributed by atoms with van der Waals surface area (Å²) in [5.41, 5.74) is 17.4. The number of hydrogen-bond donors (Lipinski definition) is 2. The van der Waals surface area contributed by atoms with Crippen molar-refractivity contribution in [3.8, 4) is 45.3 Å². The molecule has 0 spiro atoms. The van der Waals surface area contributed by atoms with Crippen molar-refractivity contribution in [3.63, 3.8) is 0 Å². The second-order valence-electron chi connectivity index (χ2n) is 7.82. The van der Waals surface area contributed by atoms with E-state index in [1.165, 1.54) is 0 Å². The molecule has 34 heavy (non-hydrogen) atoms. The average Bonchev–Trinajstić information content (AvgIpc) is 2.88. The maximum atomic E-state index is 6.25. The second-order valence-corrected chi connectivity index (χ2v) is 7.82. The lowest BCUT2D eigenvalue weighted by Crippen LogP contribution is -1.95. The largest absolute Gasteiger partial charge is 0.455 e. The lowest BCUT2D eigenvalue weighted by Gasteiger charge is -2.18. The van der Waals surface area contributed by atoms with E-state index in [1.807, 2.05) is 109 Å². The summed E-state index contributed by atoms with van der Waals surface area (Å²) >= 11 is 0. The van der Waals surface area contributed by atoms with E-state index < -0.39 is 0 Å². The Hall–Kier alpha value is -4.70. The van der Waals surface area contributed by atoms with E-state index in [9.17, 15) is 0 Å². The molecule has 166 valence electrons. The summed E-state index contributed by atoms with van der Waals surface area (Å²) in [6, 6.07) is 39.1. The SMILES string of the molecule is Nc1ccccc1Oc1ccccc1-c1ccccc1-c1ccccc1Oc1ccccc1N. The first-order valence-electron chi connectivity index (χ1n) is 11.0. The summed E-state index contributed by atoms with van der Waals surface area (Å²) in [6.07, 6.45) is 0. The third kappa shape index (κ3) is 4.30. The van der Waals surface area contributed by atoms with Crippen LogP contribution in [0.3, 0.4) is 0 Å². The van der Waals surface area contributed by atoms with Gasteiger partial charge in [0.25, 0.3) is 0 Å². The highest BCUT2D eigenvalue weighted by Gasteiger charge is 2.16. The Morgan fingerprint density at radius 2 is 0.618 bits per heavy atom. The van der Waals surface area contributed by atoms with E-state index >= 15 is 0 Å². The molecular formula is C30H24N2O2. The van der Waals surface area contributed by atoms with E-state index in [2.05, 4.69) is 12.1 Å². The number of hydrogen-bond acceptors (Lipinski definition) is 4. The van der Waals surface area contributed by atoms with E-state index in [0.717, 1.165) is 33.8 Å². The maximum Gasteiger partial charge on any atom is 0.150 e. The number of nitrogen functional groups attached to an aromatic ring is 2. The molecule has 0 radical (unpaired) electrons. The number of anilines is 2. The fourth-order valence-electron chi connectivity index (χ4n) is 3.89. The summed E-state index contributed by atoms with van der Waals surface area (Å²) in [4.78, 5) is 0. The second kappa shape index (κ2) is 9.43. The van der Waals surface area contributed by atoms with Gasteiger partial charge in [-0.25, -0.2) is 0 Å². The minimum atomic E-state index is 0.588. The van der Waals surface area contributed by atoms with Gasteiger partial charge in [0.15, 0.2) is 0 Å². The monoisotopic (exact) mass is 444 g/mol. The molecule has 4 N–H and O–H groups in total. The van der Waals surface area contributed by atoms with Gasteiger partial charge in [0.1, 0.15) is 23.0 Å². The third-order valence-corrected chi connectivity index (χ3v) is 5.56. The van der Waals surface area contributed by atoms with Crippen molar-refractivity contribution in [1.29, 1.82) is 0 Å². The minimum absolute atomic E-state index is 0.588. The van der Waals surface area contributed by atoms with Gasteiger partial charge in [-0.05, 0) is 47.5 Å². The van der Waals surface area contributed by atoms with Gasteiger partial charge in [-0.1, -0.05) is 84.9 Å². The number of benzene rings is 5. The molecule has 0 aliphatic heterocycles. The zero-order chi connectivity index (χ0) is 23.3.